The number of carbonyl (C=O) groups is 3. The fraction of sp³-hybridized carbons (Fsp3) is 0.172. The average Bonchev–Trinajstić information content (AvgIpc) is 2.94. The van der Waals surface area contributed by atoms with Crippen LogP contribution in [0, 0.1) is 5.82 Å². The lowest BCUT2D eigenvalue weighted by molar-refractivity contribution is -0.115. The van der Waals surface area contributed by atoms with Gasteiger partial charge in [-0.25, -0.2) is 9.37 Å². The number of hydrogen-bond donors (Lipinski definition) is 2. The van der Waals surface area contributed by atoms with Gasteiger partial charge >= 0.3 is 0 Å². The third kappa shape index (κ3) is 5.96. The highest BCUT2D eigenvalue weighted by Gasteiger charge is 2.19. The molecule has 0 aliphatic rings. The van der Waals surface area contributed by atoms with Gasteiger partial charge in [-0.3, -0.25) is 14.4 Å². The predicted octanol–water partition coefficient (Wildman–Crippen LogP) is 4.64. The Morgan fingerprint density at radius 1 is 0.897 bits per heavy atom. The van der Waals surface area contributed by atoms with Crippen molar-refractivity contribution in [3.63, 3.8) is 0 Å². The molecule has 200 valence electrons. The molecular formula is C29H26FN3O6. The van der Waals surface area contributed by atoms with Gasteiger partial charge in [-0.15, -0.1) is 0 Å². The first-order valence-electron chi connectivity index (χ1n) is 11.8. The Balaban J connectivity index is 1.65. The van der Waals surface area contributed by atoms with Crippen LogP contribution in [0.2, 0.25) is 0 Å². The van der Waals surface area contributed by atoms with Gasteiger partial charge in [0.25, 0.3) is 5.91 Å². The van der Waals surface area contributed by atoms with Gasteiger partial charge in [0.15, 0.2) is 17.3 Å². The number of carbonyl (C=O) groups excluding carboxylic acids is 3. The molecule has 39 heavy (non-hydrogen) atoms. The number of ether oxygens (including phenoxy) is 3. The van der Waals surface area contributed by atoms with Crippen molar-refractivity contribution in [1.82, 2.24) is 10.3 Å². The van der Waals surface area contributed by atoms with E-state index in [0.29, 0.717) is 45.3 Å². The molecule has 0 radical (unpaired) electrons. The molecule has 0 saturated carbocycles. The summed E-state index contributed by atoms with van der Waals surface area (Å²) in [7, 11) is 4.46. The van der Waals surface area contributed by atoms with E-state index in [1.54, 1.807) is 36.4 Å². The van der Waals surface area contributed by atoms with Crippen LogP contribution < -0.4 is 24.8 Å². The normalized spacial score (nSPS) is 10.6. The van der Waals surface area contributed by atoms with E-state index in [9.17, 15) is 18.8 Å². The Kier molecular flexibility index (Phi) is 8.04. The third-order valence-corrected chi connectivity index (χ3v) is 5.94. The number of nitrogens with zero attached hydrogens (tertiary/aromatic N) is 1. The van der Waals surface area contributed by atoms with E-state index in [2.05, 4.69) is 15.6 Å². The van der Waals surface area contributed by atoms with Gasteiger partial charge in [0.2, 0.25) is 11.7 Å². The minimum absolute atomic E-state index is 0.120. The molecule has 0 aliphatic carbocycles. The molecule has 0 atom stereocenters. The summed E-state index contributed by atoms with van der Waals surface area (Å²) in [6.07, 6.45) is 0. The summed E-state index contributed by atoms with van der Waals surface area (Å²) in [6, 6.07) is 15.3. The van der Waals surface area contributed by atoms with Crippen LogP contribution >= 0.6 is 0 Å². The largest absolute Gasteiger partial charge is 0.493 e. The fourth-order valence-electron chi connectivity index (χ4n) is 4.04. The van der Waals surface area contributed by atoms with Crippen molar-refractivity contribution in [1.29, 1.82) is 0 Å². The highest BCUT2D eigenvalue weighted by Crippen LogP contribution is 2.41. The summed E-state index contributed by atoms with van der Waals surface area (Å²) in [4.78, 5) is 42.0. The standard InChI is InChI=1S/C29H26FN3O6/c1-16(34)17-6-5-7-20(10-17)32-27(35)15-31-29(36)22-14-24(33-23-9-8-19(30)13-21(22)23)18-11-25(37-2)28(39-4)26(12-18)38-3/h5-14H,15H2,1-4H3,(H,31,36)(H,32,35). The highest BCUT2D eigenvalue weighted by molar-refractivity contribution is 6.08. The second kappa shape index (κ2) is 11.6. The summed E-state index contributed by atoms with van der Waals surface area (Å²) >= 11 is 0. The molecular weight excluding hydrogens is 505 g/mol. The molecule has 0 fully saturated rings. The minimum atomic E-state index is -0.602. The van der Waals surface area contributed by atoms with Crippen LogP contribution in [-0.4, -0.2) is 50.5 Å². The maximum absolute atomic E-state index is 14.1. The van der Waals surface area contributed by atoms with E-state index in [1.807, 2.05) is 0 Å². The second-order valence-corrected chi connectivity index (χ2v) is 8.50. The van der Waals surface area contributed by atoms with Crippen molar-refractivity contribution in [3.8, 4) is 28.5 Å². The zero-order valence-electron chi connectivity index (χ0n) is 21.8. The predicted molar refractivity (Wildman–Crippen MR) is 144 cm³/mol. The first kappa shape index (κ1) is 27.1. The second-order valence-electron chi connectivity index (χ2n) is 8.50. The molecule has 1 aromatic heterocycles. The van der Waals surface area contributed by atoms with Crippen molar-refractivity contribution in [3.05, 3.63) is 77.6 Å². The number of benzene rings is 3. The Hall–Kier alpha value is -4.99. The number of aromatic nitrogens is 1. The minimum Gasteiger partial charge on any atom is -0.493 e. The van der Waals surface area contributed by atoms with Gasteiger partial charge in [0.05, 0.1) is 44.6 Å². The molecule has 2 amide bonds. The first-order chi connectivity index (χ1) is 18.7. The molecule has 4 rings (SSSR count). The number of nitrogens with one attached hydrogen (secondary N) is 2. The zero-order chi connectivity index (χ0) is 28.1. The lowest BCUT2D eigenvalue weighted by atomic mass is 10.0. The first-order valence-corrected chi connectivity index (χ1v) is 11.8. The summed E-state index contributed by atoms with van der Waals surface area (Å²) in [5.74, 6) is -0.605. The summed E-state index contributed by atoms with van der Waals surface area (Å²) < 4.78 is 30.4. The number of hydrogen-bond acceptors (Lipinski definition) is 7. The number of ketones is 1. The molecule has 1 heterocycles. The van der Waals surface area contributed by atoms with Crippen molar-refractivity contribution in [2.75, 3.05) is 33.2 Å². The quantitative estimate of drug-likeness (QED) is 0.302. The fourth-order valence-corrected chi connectivity index (χ4v) is 4.04. The summed E-state index contributed by atoms with van der Waals surface area (Å²) in [6.45, 7) is 1.07. The van der Waals surface area contributed by atoms with E-state index >= 15 is 0 Å². The summed E-state index contributed by atoms with van der Waals surface area (Å²) in [5.41, 5.74) is 2.31. The van der Waals surface area contributed by atoms with E-state index in [4.69, 9.17) is 14.2 Å². The van der Waals surface area contributed by atoms with Crippen LogP contribution in [0.5, 0.6) is 17.2 Å². The zero-order valence-corrected chi connectivity index (χ0v) is 21.8. The van der Waals surface area contributed by atoms with Crippen LogP contribution in [0.3, 0.4) is 0 Å². The number of methoxy groups -OCH3 is 3. The molecule has 0 saturated heterocycles. The molecule has 0 unspecified atom stereocenters. The van der Waals surface area contributed by atoms with Crippen LogP contribution in [0.1, 0.15) is 27.6 Å². The maximum Gasteiger partial charge on any atom is 0.252 e. The Labute approximate surface area is 223 Å². The molecule has 2 N–H and O–H groups in total. The van der Waals surface area contributed by atoms with Crippen molar-refractivity contribution >= 4 is 34.2 Å². The van der Waals surface area contributed by atoms with E-state index in [-0.39, 0.29) is 23.3 Å². The molecule has 10 heteroatoms. The third-order valence-electron chi connectivity index (χ3n) is 5.94. The number of amides is 2. The van der Waals surface area contributed by atoms with E-state index < -0.39 is 17.6 Å². The molecule has 0 aliphatic heterocycles. The molecule has 0 bridgehead atoms. The molecule has 4 aromatic rings. The highest BCUT2D eigenvalue weighted by atomic mass is 19.1. The lowest BCUT2D eigenvalue weighted by Crippen LogP contribution is -2.33. The smallest absolute Gasteiger partial charge is 0.252 e. The number of pyridine rings is 1. The van der Waals surface area contributed by atoms with E-state index in [0.717, 1.165) is 0 Å². The lowest BCUT2D eigenvalue weighted by Gasteiger charge is -2.15. The Bertz CT molecular complexity index is 1560. The van der Waals surface area contributed by atoms with Gasteiger partial charge < -0.3 is 24.8 Å². The number of anilines is 1. The molecule has 0 spiro atoms. The van der Waals surface area contributed by atoms with Gasteiger partial charge in [0, 0.05) is 22.2 Å². The number of halogens is 1. The number of rotatable bonds is 9. The maximum atomic E-state index is 14.1. The molecule has 9 nitrogen and oxygen atoms in total. The van der Waals surface area contributed by atoms with Crippen molar-refractivity contribution in [2.24, 2.45) is 0 Å². The monoisotopic (exact) mass is 531 g/mol. The van der Waals surface area contributed by atoms with Gasteiger partial charge in [-0.05, 0) is 55.5 Å². The van der Waals surface area contributed by atoms with Crippen LogP contribution in [-0.2, 0) is 4.79 Å². The van der Waals surface area contributed by atoms with Crippen molar-refractivity contribution < 1.29 is 33.0 Å². The van der Waals surface area contributed by atoms with Crippen molar-refractivity contribution in [2.45, 2.75) is 6.92 Å². The topological polar surface area (TPSA) is 116 Å². The van der Waals surface area contributed by atoms with Gasteiger partial charge in [0.1, 0.15) is 5.82 Å². The van der Waals surface area contributed by atoms with Crippen LogP contribution in [0.25, 0.3) is 22.2 Å². The SMILES string of the molecule is COc1cc(-c2cc(C(=O)NCC(=O)Nc3cccc(C(C)=O)c3)c3cc(F)ccc3n2)cc(OC)c1OC. The molecule has 3 aromatic carbocycles. The van der Waals surface area contributed by atoms with Crippen LogP contribution in [0.4, 0.5) is 10.1 Å². The summed E-state index contributed by atoms with van der Waals surface area (Å²) in [5, 5.41) is 5.49. The average molecular weight is 532 g/mol. The van der Waals surface area contributed by atoms with Gasteiger partial charge in [-0.1, -0.05) is 12.1 Å². The van der Waals surface area contributed by atoms with Crippen LogP contribution in [0.15, 0.2) is 60.7 Å². The number of Topliss-reactive ketones (excluding diaryl/α,β-unsaturated/α-hetero) is 1. The number of fused-ring (bicyclic) bond motifs is 1. The van der Waals surface area contributed by atoms with Gasteiger partial charge in [-0.2, -0.15) is 0 Å². The van der Waals surface area contributed by atoms with E-state index in [1.165, 1.54) is 52.5 Å². The Morgan fingerprint density at radius 3 is 2.26 bits per heavy atom. The Morgan fingerprint density at radius 2 is 1.62 bits per heavy atom.